The predicted octanol–water partition coefficient (Wildman–Crippen LogP) is 4.30. The van der Waals surface area contributed by atoms with Crippen molar-refractivity contribution < 1.29 is 8.78 Å². The molecule has 0 saturated heterocycles. The van der Waals surface area contributed by atoms with Crippen molar-refractivity contribution in [3.63, 3.8) is 0 Å². The van der Waals surface area contributed by atoms with Gasteiger partial charge in [0.05, 0.1) is 11.1 Å². The van der Waals surface area contributed by atoms with Crippen LogP contribution in [0.3, 0.4) is 0 Å². The fourth-order valence-electron chi connectivity index (χ4n) is 1.81. The van der Waals surface area contributed by atoms with Gasteiger partial charge in [-0.25, -0.2) is 8.78 Å². The van der Waals surface area contributed by atoms with Gasteiger partial charge in [0.1, 0.15) is 11.6 Å². The third kappa shape index (κ3) is 2.41. The highest BCUT2D eigenvalue weighted by Crippen LogP contribution is 2.36. The fraction of sp³-hybridized carbons (Fsp3) is 0.231. The summed E-state index contributed by atoms with van der Waals surface area (Å²) in [7, 11) is 1.69. The first-order valence-electron chi connectivity index (χ1n) is 5.40. The van der Waals surface area contributed by atoms with Crippen LogP contribution in [0.15, 0.2) is 23.6 Å². The first-order chi connectivity index (χ1) is 8.54. The summed E-state index contributed by atoms with van der Waals surface area (Å²) in [6.07, 6.45) is 0. The second-order valence-electron chi connectivity index (χ2n) is 3.98. The van der Waals surface area contributed by atoms with Crippen LogP contribution in [0, 0.1) is 18.6 Å². The standard InChI is InChI=1S/C13H12ClF2NS/c1-7-6-18-13(11(7)14)12(17-2)9-5-8(15)3-4-10(9)16/h3-6,12,17H,1-2H3. The van der Waals surface area contributed by atoms with Gasteiger partial charge in [-0.05, 0) is 43.1 Å². The smallest absolute Gasteiger partial charge is 0.128 e. The summed E-state index contributed by atoms with van der Waals surface area (Å²) in [6.45, 7) is 1.89. The molecule has 1 unspecified atom stereocenters. The van der Waals surface area contributed by atoms with Crippen molar-refractivity contribution in [1.82, 2.24) is 5.32 Å². The topological polar surface area (TPSA) is 12.0 Å². The number of hydrogen-bond acceptors (Lipinski definition) is 2. The molecule has 0 saturated carbocycles. The van der Waals surface area contributed by atoms with Crippen molar-refractivity contribution in [2.24, 2.45) is 0 Å². The van der Waals surface area contributed by atoms with Gasteiger partial charge < -0.3 is 5.32 Å². The molecule has 1 heterocycles. The monoisotopic (exact) mass is 287 g/mol. The predicted molar refractivity (Wildman–Crippen MR) is 71.3 cm³/mol. The number of halogens is 3. The van der Waals surface area contributed by atoms with Crippen molar-refractivity contribution in [2.45, 2.75) is 13.0 Å². The van der Waals surface area contributed by atoms with Gasteiger partial charge >= 0.3 is 0 Å². The second kappa shape index (κ2) is 5.34. The third-order valence-electron chi connectivity index (χ3n) is 2.75. The summed E-state index contributed by atoms with van der Waals surface area (Å²) >= 11 is 7.61. The fourth-order valence-corrected chi connectivity index (χ4v) is 3.24. The van der Waals surface area contributed by atoms with Crippen LogP contribution < -0.4 is 5.32 Å². The van der Waals surface area contributed by atoms with E-state index in [2.05, 4.69) is 5.32 Å². The van der Waals surface area contributed by atoms with Crippen molar-refractivity contribution in [3.8, 4) is 0 Å². The summed E-state index contributed by atoms with van der Waals surface area (Å²) in [5, 5.41) is 5.48. The zero-order chi connectivity index (χ0) is 13.3. The van der Waals surface area contributed by atoms with E-state index in [0.717, 1.165) is 22.6 Å². The summed E-state index contributed by atoms with van der Waals surface area (Å²) in [5.41, 5.74) is 1.20. The van der Waals surface area contributed by atoms with E-state index in [9.17, 15) is 8.78 Å². The number of benzene rings is 1. The van der Waals surface area contributed by atoms with E-state index in [0.29, 0.717) is 5.02 Å². The minimum Gasteiger partial charge on any atom is -0.309 e. The van der Waals surface area contributed by atoms with Crippen LogP contribution in [0.2, 0.25) is 5.02 Å². The lowest BCUT2D eigenvalue weighted by Gasteiger charge is -2.16. The Balaban J connectivity index is 2.51. The van der Waals surface area contributed by atoms with Crippen LogP contribution in [0.1, 0.15) is 22.0 Å². The summed E-state index contributed by atoms with van der Waals surface area (Å²) in [6, 6.07) is 2.99. The first kappa shape index (κ1) is 13.5. The maximum atomic E-state index is 13.8. The van der Waals surface area contributed by atoms with Crippen LogP contribution >= 0.6 is 22.9 Å². The van der Waals surface area contributed by atoms with E-state index in [-0.39, 0.29) is 5.56 Å². The Morgan fingerprint density at radius 1 is 1.33 bits per heavy atom. The molecular weight excluding hydrogens is 276 g/mol. The minimum absolute atomic E-state index is 0.265. The summed E-state index contributed by atoms with van der Waals surface area (Å²) in [4.78, 5) is 0.793. The zero-order valence-electron chi connectivity index (χ0n) is 9.93. The maximum absolute atomic E-state index is 13.8. The molecule has 0 bridgehead atoms. The molecule has 0 aliphatic rings. The third-order valence-corrected chi connectivity index (χ3v) is 4.52. The SMILES string of the molecule is CNC(c1cc(F)ccc1F)c1scc(C)c1Cl. The molecule has 1 nitrogen and oxygen atoms in total. The van der Waals surface area contributed by atoms with Gasteiger partial charge in [0, 0.05) is 10.4 Å². The molecule has 0 aliphatic heterocycles. The van der Waals surface area contributed by atoms with Crippen LogP contribution in [-0.2, 0) is 0 Å². The lowest BCUT2D eigenvalue weighted by atomic mass is 10.0. The Kier molecular flexibility index (Phi) is 4.00. The number of aryl methyl sites for hydroxylation is 1. The molecule has 0 fully saturated rings. The summed E-state index contributed by atoms with van der Waals surface area (Å²) < 4.78 is 27.0. The molecule has 1 atom stereocenters. The molecule has 2 aromatic rings. The minimum atomic E-state index is -0.462. The quantitative estimate of drug-likeness (QED) is 0.888. The number of thiophene rings is 1. The molecule has 0 spiro atoms. The molecule has 1 aromatic carbocycles. The molecule has 18 heavy (non-hydrogen) atoms. The Bertz CT molecular complexity index is 568. The average Bonchev–Trinajstić information content (AvgIpc) is 2.67. The largest absolute Gasteiger partial charge is 0.309 e. The van der Waals surface area contributed by atoms with Crippen molar-refractivity contribution >= 4 is 22.9 Å². The molecule has 2 rings (SSSR count). The van der Waals surface area contributed by atoms with Crippen LogP contribution in [0.25, 0.3) is 0 Å². The lowest BCUT2D eigenvalue weighted by Crippen LogP contribution is -2.18. The van der Waals surface area contributed by atoms with Crippen molar-refractivity contribution in [1.29, 1.82) is 0 Å². The van der Waals surface area contributed by atoms with Gasteiger partial charge in [-0.15, -0.1) is 11.3 Å². The van der Waals surface area contributed by atoms with Gasteiger partial charge in [0.15, 0.2) is 0 Å². The maximum Gasteiger partial charge on any atom is 0.128 e. The van der Waals surface area contributed by atoms with Crippen LogP contribution in [0.5, 0.6) is 0 Å². The zero-order valence-corrected chi connectivity index (χ0v) is 11.5. The van der Waals surface area contributed by atoms with Crippen LogP contribution in [-0.4, -0.2) is 7.05 Å². The van der Waals surface area contributed by atoms with Crippen LogP contribution in [0.4, 0.5) is 8.78 Å². The molecule has 0 radical (unpaired) electrons. The Morgan fingerprint density at radius 2 is 2.06 bits per heavy atom. The highest BCUT2D eigenvalue weighted by molar-refractivity contribution is 7.10. The van der Waals surface area contributed by atoms with E-state index in [4.69, 9.17) is 11.6 Å². The first-order valence-corrected chi connectivity index (χ1v) is 6.66. The lowest BCUT2D eigenvalue weighted by molar-refractivity contribution is 0.560. The van der Waals surface area contributed by atoms with E-state index >= 15 is 0 Å². The summed E-state index contributed by atoms with van der Waals surface area (Å²) in [5.74, 6) is -0.908. The molecule has 96 valence electrons. The number of rotatable bonds is 3. The molecule has 0 aliphatic carbocycles. The van der Waals surface area contributed by atoms with Gasteiger partial charge in [0.25, 0.3) is 0 Å². The van der Waals surface area contributed by atoms with Gasteiger partial charge in [-0.3, -0.25) is 0 Å². The van der Waals surface area contributed by atoms with E-state index < -0.39 is 17.7 Å². The van der Waals surface area contributed by atoms with Crippen molar-refractivity contribution in [2.75, 3.05) is 7.05 Å². The number of nitrogens with one attached hydrogen (secondary N) is 1. The Labute approximate surface area is 113 Å². The highest BCUT2D eigenvalue weighted by Gasteiger charge is 2.21. The number of hydrogen-bond donors (Lipinski definition) is 1. The van der Waals surface area contributed by atoms with E-state index in [1.165, 1.54) is 17.4 Å². The van der Waals surface area contributed by atoms with Crippen molar-refractivity contribution in [3.05, 3.63) is 56.2 Å². The normalized spacial score (nSPS) is 12.7. The second-order valence-corrected chi connectivity index (χ2v) is 5.27. The highest BCUT2D eigenvalue weighted by atomic mass is 35.5. The molecule has 1 N–H and O–H groups in total. The molecular formula is C13H12ClF2NS. The molecule has 0 amide bonds. The van der Waals surface area contributed by atoms with Gasteiger partial charge in [0.2, 0.25) is 0 Å². The van der Waals surface area contributed by atoms with Gasteiger partial charge in [-0.2, -0.15) is 0 Å². The molecule has 1 aromatic heterocycles. The Morgan fingerprint density at radius 3 is 2.61 bits per heavy atom. The Hall–Kier alpha value is -0.970. The van der Waals surface area contributed by atoms with E-state index in [1.807, 2.05) is 12.3 Å². The van der Waals surface area contributed by atoms with E-state index in [1.54, 1.807) is 7.05 Å². The van der Waals surface area contributed by atoms with Gasteiger partial charge in [-0.1, -0.05) is 11.6 Å². The molecule has 5 heteroatoms. The average molecular weight is 288 g/mol.